The van der Waals surface area contributed by atoms with Crippen LogP contribution in [0.2, 0.25) is 0 Å². The molecular formula is C18H23IN6OS. The van der Waals surface area contributed by atoms with Gasteiger partial charge in [-0.05, 0) is 46.2 Å². The quantitative estimate of drug-likeness (QED) is 0.519. The molecule has 7 nitrogen and oxygen atoms in total. The van der Waals surface area contributed by atoms with Crippen molar-refractivity contribution < 1.29 is 4.74 Å². The number of fused-ring (bicyclic) bond motifs is 1. The summed E-state index contributed by atoms with van der Waals surface area (Å²) < 4.78 is 8.50. The number of nitrogens with two attached hydrogens (primary N) is 2. The van der Waals surface area contributed by atoms with E-state index in [-0.39, 0.29) is 11.5 Å². The average Bonchev–Trinajstić information content (AvgIpc) is 2.95. The normalized spacial score (nSPS) is 13.1. The van der Waals surface area contributed by atoms with Crippen LogP contribution in [0.25, 0.3) is 11.2 Å². The van der Waals surface area contributed by atoms with Gasteiger partial charge in [0.2, 0.25) is 0 Å². The monoisotopic (exact) mass is 498 g/mol. The van der Waals surface area contributed by atoms with Crippen LogP contribution in [0.1, 0.15) is 20.8 Å². The molecule has 3 rings (SSSR count). The fourth-order valence-corrected chi connectivity index (χ4v) is 4.05. The summed E-state index contributed by atoms with van der Waals surface area (Å²) in [6.07, 6.45) is 1.46. The van der Waals surface area contributed by atoms with Crippen LogP contribution in [0.5, 0.6) is 5.75 Å². The smallest absolute Gasteiger partial charge is 0.175 e. The molecule has 2 aromatic heterocycles. The second kappa shape index (κ2) is 7.80. The maximum Gasteiger partial charge on any atom is 0.175 e. The number of imidazole rings is 1. The molecule has 9 heteroatoms. The van der Waals surface area contributed by atoms with Gasteiger partial charge in [0.15, 0.2) is 22.1 Å². The average molecular weight is 498 g/mol. The predicted octanol–water partition coefficient (Wildman–Crippen LogP) is 3.55. The summed E-state index contributed by atoms with van der Waals surface area (Å²) in [5.41, 5.74) is 13.7. The molecule has 1 atom stereocenters. The Morgan fingerprint density at radius 1 is 1.30 bits per heavy atom. The Balaban J connectivity index is 2.09. The first-order valence-electron chi connectivity index (χ1n) is 8.44. The van der Waals surface area contributed by atoms with E-state index < -0.39 is 0 Å². The zero-order valence-corrected chi connectivity index (χ0v) is 18.7. The largest absolute Gasteiger partial charge is 0.497 e. The van der Waals surface area contributed by atoms with Gasteiger partial charge in [-0.1, -0.05) is 32.5 Å². The molecule has 1 unspecified atom stereocenters. The van der Waals surface area contributed by atoms with Gasteiger partial charge in [-0.3, -0.25) is 0 Å². The summed E-state index contributed by atoms with van der Waals surface area (Å²) in [4.78, 5) is 14.2. The van der Waals surface area contributed by atoms with E-state index in [4.69, 9.17) is 21.2 Å². The Labute approximate surface area is 176 Å². The highest BCUT2D eigenvalue weighted by Gasteiger charge is 2.25. The maximum absolute atomic E-state index is 6.45. The molecule has 0 saturated heterocycles. The van der Waals surface area contributed by atoms with Gasteiger partial charge in [0.05, 0.1) is 7.11 Å². The van der Waals surface area contributed by atoms with Crippen LogP contribution >= 0.6 is 34.4 Å². The lowest BCUT2D eigenvalue weighted by atomic mass is 9.87. The van der Waals surface area contributed by atoms with Crippen molar-refractivity contribution in [3.8, 4) is 5.75 Å². The first kappa shape index (κ1) is 20.2. The molecule has 0 saturated carbocycles. The van der Waals surface area contributed by atoms with Gasteiger partial charge in [0.1, 0.15) is 12.1 Å². The molecule has 0 bridgehead atoms. The molecule has 0 spiro atoms. The number of halogens is 1. The highest BCUT2D eigenvalue weighted by atomic mass is 127. The van der Waals surface area contributed by atoms with Crippen LogP contribution in [-0.2, 0) is 6.54 Å². The van der Waals surface area contributed by atoms with Crippen LogP contribution in [0.15, 0.2) is 34.6 Å². The van der Waals surface area contributed by atoms with Gasteiger partial charge in [0.25, 0.3) is 0 Å². The van der Waals surface area contributed by atoms with E-state index in [0.29, 0.717) is 23.5 Å². The molecule has 4 N–H and O–H groups in total. The Morgan fingerprint density at radius 2 is 2.04 bits per heavy atom. The minimum atomic E-state index is -0.0742. The van der Waals surface area contributed by atoms with Crippen molar-refractivity contribution in [3.63, 3.8) is 0 Å². The molecule has 0 aliphatic heterocycles. The fraction of sp³-hybridized carbons (Fsp3) is 0.389. The van der Waals surface area contributed by atoms with Crippen LogP contribution in [-0.4, -0.2) is 32.7 Å². The Morgan fingerprint density at radius 3 is 2.70 bits per heavy atom. The zero-order valence-electron chi connectivity index (χ0n) is 15.7. The molecule has 0 aliphatic carbocycles. The Bertz CT molecular complexity index is 968. The predicted molar refractivity (Wildman–Crippen MR) is 117 cm³/mol. The molecule has 0 amide bonds. The molecular weight excluding hydrogens is 475 g/mol. The van der Waals surface area contributed by atoms with Gasteiger partial charge in [-0.2, -0.15) is 0 Å². The third kappa shape index (κ3) is 4.30. The summed E-state index contributed by atoms with van der Waals surface area (Å²) in [6, 6.07) is 5.88. The van der Waals surface area contributed by atoms with Crippen molar-refractivity contribution in [2.45, 2.75) is 43.4 Å². The van der Waals surface area contributed by atoms with E-state index in [1.165, 1.54) is 6.33 Å². The van der Waals surface area contributed by atoms with Gasteiger partial charge < -0.3 is 20.8 Å². The van der Waals surface area contributed by atoms with Crippen molar-refractivity contribution in [2.75, 3.05) is 12.8 Å². The number of aromatic nitrogens is 4. The number of nitrogen functional groups attached to an aromatic ring is 1. The van der Waals surface area contributed by atoms with Gasteiger partial charge in [-0.25, -0.2) is 15.0 Å². The SMILES string of the molecule is COc1ccc(I)c(Sc2nc3c(N)ncnc3n2CC(N)C(C)(C)C)c1. The number of hydrogen-bond donors (Lipinski definition) is 2. The van der Waals surface area contributed by atoms with Gasteiger partial charge >= 0.3 is 0 Å². The molecule has 27 heavy (non-hydrogen) atoms. The van der Waals surface area contributed by atoms with E-state index in [9.17, 15) is 0 Å². The lowest BCUT2D eigenvalue weighted by Crippen LogP contribution is -2.39. The number of rotatable bonds is 5. The van der Waals surface area contributed by atoms with Crippen LogP contribution in [0, 0.1) is 8.99 Å². The van der Waals surface area contributed by atoms with Crippen molar-refractivity contribution in [3.05, 3.63) is 28.1 Å². The van der Waals surface area contributed by atoms with E-state index in [1.54, 1.807) is 18.9 Å². The molecule has 0 fully saturated rings. The Kier molecular flexibility index (Phi) is 5.82. The number of hydrogen-bond acceptors (Lipinski definition) is 7. The highest BCUT2D eigenvalue weighted by molar-refractivity contribution is 14.1. The minimum Gasteiger partial charge on any atom is -0.497 e. The van der Waals surface area contributed by atoms with Gasteiger partial charge in [0, 0.05) is 21.1 Å². The van der Waals surface area contributed by atoms with Crippen molar-refractivity contribution >= 4 is 51.3 Å². The van der Waals surface area contributed by atoms with E-state index in [1.807, 2.05) is 22.8 Å². The zero-order chi connectivity index (χ0) is 19.8. The molecule has 1 aromatic carbocycles. The fourth-order valence-electron chi connectivity index (χ4n) is 2.43. The molecule has 0 radical (unpaired) electrons. The van der Waals surface area contributed by atoms with E-state index >= 15 is 0 Å². The van der Waals surface area contributed by atoms with Crippen molar-refractivity contribution in [2.24, 2.45) is 11.1 Å². The van der Waals surface area contributed by atoms with Crippen molar-refractivity contribution in [1.82, 2.24) is 19.5 Å². The molecule has 3 aromatic rings. The molecule has 144 valence electrons. The first-order chi connectivity index (χ1) is 12.7. The Hall–Kier alpha value is -1.59. The van der Waals surface area contributed by atoms with Gasteiger partial charge in [-0.15, -0.1) is 0 Å². The molecule has 0 aliphatic rings. The number of ether oxygens (including phenoxy) is 1. The number of nitrogens with zero attached hydrogens (tertiary/aromatic N) is 4. The third-order valence-corrected chi connectivity index (χ3v) is 6.72. The third-order valence-electron chi connectivity index (χ3n) is 4.36. The lowest BCUT2D eigenvalue weighted by molar-refractivity contribution is 0.288. The number of methoxy groups -OCH3 is 1. The van der Waals surface area contributed by atoms with Crippen molar-refractivity contribution in [1.29, 1.82) is 0 Å². The van der Waals surface area contributed by atoms with E-state index in [0.717, 1.165) is 19.4 Å². The summed E-state index contributed by atoms with van der Waals surface area (Å²) in [7, 11) is 1.66. The second-order valence-corrected chi connectivity index (χ2v) is 9.48. The standard InChI is InChI=1S/C18H23IN6OS/c1-18(2,3)13(20)8-25-16-14(15(21)22-9-23-16)24-17(25)27-12-7-10(26-4)5-6-11(12)19/h5-7,9,13H,8,20H2,1-4H3,(H2,21,22,23). The lowest BCUT2D eigenvalue weighted by Gasteiger charge is -2.27. The first-order valence-corrected chi connectivity index (χ1v) is 10.3. The van der Waals surface area contributed by atoms with Crippen LogP contribution < -0.4 is 16.2 Å². The summed E-state index contributed by atoms with van der Waals surface area (Å²) >= 11 is 3.85. The minimum absolute atomic E-state index is 0.0541. The van der Waals surface area contributed by atoms with Crippen LogP contribution in [0.4, 0.5) is 5.82 Å². The molecule has 2 heterocycles. The number of benzene rings is 1. The van der Waals surface area contributed by atoms with Crippen LogP contribution in [0.3, 0.4) is 0 Å². The summed E-state index contributed by atoms with van der Waals surface area (Å²) in [6.45, 7) is 6.95. The second-order valence-electron chi connectivity index (χ2n) is 7.31. The number of anilines is 1. The maximum atomic E-state index is 6.45. The highest BCUT2D eigenvalue weighted by Crippen LogP contribution is 2.36. The van der Waals surface area contributed by atoms with E-state index in [2.05, 4.69) is 53.3 Å². The topological polar surface area (TPSA) is 105 Å². The summed E-state index contributed by atoms with van der Waals surface area (Å²) in [5, 5.41) is 0.781. The summed E-state index contributed by atoms with van der Waals surface area (Å²) in [5.74, 6) is 1.16.